The van der Waals surface area contributed by atoms with Crippen LogP contribution in [0.3, 0.4) is 0 Å². The molecule has 1 unspecified atom stereocenters. The fourth-order valence-electron chi connectivity index (χ4n) is 4.66. The van der Waals surface area contributed by atoms with Crippen LogP contribution in [-0.4, -0.2) is 104 Å². The topological polar surface area (TPSA) is 91.1 Å². The first kappa shape index (κ1) is 23.4. The molecule has 0 radical (unpaired) electrons. The number of morpholine rings is 1. The molecule has 2 aliphatic heterocycles. The van der Waals surface area contributed by atoms with Gasteiger partial charge in [0.25, 0.3) is 0 Å². The van der Waals surface area contributed by atoms with E-state index in [1.807, 2.05) is 4.90 Å². The van der Waals surface area contributed by atoms with Crippen LogP contribution in [0.4, 0.5) is 0 Å². The van der Waals surface area contributed by atoms with Gasteiger partial charge in [0.2, 0.25) is 11.8 Å². The van der Waals surface area contributed by atoms with E-state index in [1.165, 1.54) is 0 Å². The zero-order chi connectivity index (χ0) is 21.5. The monoisotopic (exact) mass is 423 g/mol. The fraction of sp³-hybridized carbons (Fsp3) is 0.909. The molecule has 2 amide bonds. The molecule has 3 N–H and O–H groups in total. The summed E-state index contributed by atoms with van der Waals surface area (Å²) >= 11 is 0. The summed E-state index contributed by atoms with van der Waals surface area (Å²) in [4.78, 5) is 32.6. The molecule has 3 fully saturated rings. The minimum absolute atomic E-state index is 0.0446. The molecule has 30 heavy (non-hydrogen) atoms. The molecular formula is C22H41N5O3. The third-order valence-corrected chi connectivity index (χ3v) is 6.45. The Bertz CT molecular complexity index is 563. The van der Waals surface area contributed by atoms with E-state index in [4.69, 9.17) is 10.5 Å². The van der Waals surface area contributed by atoms with Crippen LogP contribution in [0, 0.1) is 11.8 Å². The Morgan fingerprint density at radius 3 is 2.53 bits per heavy atom. The quantitative estimate of drug-likeness (QED) is 0.519. The van der Waals surface area contributed by atoms with Crippen molar-refractivity contribution in [2.24, 2.45) is 17.6 Å². The normalized spacial score (nSPS) is 25.7. The van der Waals surface area contributed by atoms with Gasteiger partial charge in [0.1, 0.15) is 6.04 Å². The third-order valence-electron chi connectivity index (χ3n) is 6.45. The van der Waals surface area contributed by atoms with Gasteiger partial charge in [0.15, 0.2) is 0 Å². The minimum Gasteiger partial charge on any atom is -0.379 e. The summed E-state index contributed by atoms with van der Waals surface area (Å²) in [6, 6.07) is -0.0493. The van der Waals surface area contributed by atoms with Crippen molar-refractivity contribution in [3.05, 3.63) is 0 Å². The standard InChI is InChI=1S/C22H41N5O3/c1-17(2)16-26(10-9-25-11-13-30-14-12-25)19-5-8-27(22(29)18-3-4-18)20(15-19)21(28)24-7-6-23/h17-20H,3-16,23H2,1-2H3,(H,24,28)/t19?,20-/m1/s1. The zero-order valence-corrected chi connectivity index (χ0v) is 18.9. The van der Waals surface area contributed by atoms with Gasteiger partial charge < -0.3 is 20.7 Å². The largest absolute Gasteiger partial charge is 0.379 e. The molecule has 1 saturated carbocycles. The zero-order valence-electron chi connectivity index (χ0n) is 18.9. The second kappa shape index (κ2) is 11.4. The second-order valence-electron chi connectivity index (χ2n) is 9.42. The van der Waals surface area contributed by atoms with Gasteiger partial charge in [-0.3, -0.25) is 19.4 Å². The van der Waals surface area contributed by atoms with E-state index >= 15 is 0 Å². The maximum Gasteiger partial charge on any atom is 0.242 e. The summed E-state index contributed by atoms with van der Waals surface area (Å²) in [5.74, 6) is 0.826. The van der Waals surface area contributed by atoms with E-state index < -0.39 is 0 Å². The SMILES string of the molecule is CC(C)CN(CCN1CCOCC1)C1CCN(C(=O)C2CC2)[C@@H](C(=O)NCCN)C1. The summed E-state index contributed by atoms with van der Waals surface area (Å²) in [6.07, 6.45) is 3.59. The van der Waals surface area contributed by atoms with Crippen molar-refractivity contribution in [2.45, 2.75) is 51.6 Å². The molecule has 1 aliphatic carbocycles. The number of nitrogens with one attached hydrogen (secondary N) is 1. The maximum atomic E-state index is 12.9. The smallest absolute Gasteiger partial charge is 0.242 e. The van der Waals surface area contributed by atoms with E-state index in [2.05, 4.69) is 29.0 Å². The average Bonchev–Trinajstić information content (AvgIpc) is 3.60. The molecule has 172 valence electrons. The molecule has 8 heteroatoms. The van der Waals surface area contributed by atoms with Crippen LogP contribution in [0.25, 0.3) is 0 Å². The lowest BCUT2D eigenvalue weighted by Gasteiger charge is -2.44. The first-order valence-electron chi connectivity index (χ1n) is 11.8. The van der Waals surface area contributed by atoms with Crippen LogP contribution in [0.1, 0.15) is 39.5 Å². The molecule has 8 nitrogen and oxygen atoms in total. The van der Waals surface area contributed by atoms with Gasteiger partial charge in [-0.25, -0.2) is 0 Å². The fourth-order valence-corrected chi connectivity index (χ4v) is 4.66. The van der Waals surface area contributed by atoms with Crippen molar-refractivity contribution in [2.75, 3.05) is 65.6 Å². The number of nitrogens with two attached hydrogens (primary N) is 1. The molecule has 2 saturated heterocycles. The number of hydrogen-bond acceptors (Lipinski definition) is 6. The predicted octanol–water partition coefficient (Wildman–Crippen LogP) is 0.121. The average molecular weight is 424 g/mol. The number of amides is 2. The first-order chi connectivity index (χ1) is 14.5. The predicted molar refractivity (Wildman–Crippen MR) is 117 cm³/mol. The van der Waals surface area contributed by atoms with E-state index in [0.29, 0.717) is 38.0 Å². The number of hydrogen-bond donors (Lipinski definition) is 2. The van der Waals surface area contributed by atoms with Gasteiger partial charge in [0, 0.05) is 64.3 Å². The first-order valence-corrected chi connectivity index (χ1v) is 11.8. The number of likely N-dealkylation sites (tertiary alicyclic amines) is 1. The Morgan fingerprint density at radius 2 is 1.90 bits per heavy atom. The molecule has 2 atom stereocenters. The summed E-state index contributed by atoms with van der Waals surface area (Å²) in [5, 5.41) is 2.93. The molecule has 3 aliphatic rings. The Hall–Kier alpha value is -1.22. The maximum absolute atomic E-state index is 12.9. The summed E-state index contributed by atoms with van der Waals surface area (Å²) in [7, 11) is 0. The molecular weight excluding hydrogens is 382 g/mol. The lowest BCUT2D eigenvalue weighted by molar-refractivity contribution is -0.144. The van der Waals surface area contributed by atoms with Crippen molar-refractivity contribution < 1.29 is 14.3 Å². The Morgan fingerprint density at radius 1 is 1.17 bits per heavy atom. The molecule has 2 heterocycles. The van der Waals surface area contributed by atoms with Gasteiger partial charge in [-0.05, 0) is 31.6 Å². The highest BCUT2D eigenvalue weighted by Crippen LogP contribution is 2.34. The van der Waals surface area contributed by atoms with Crippen LogP contribution < -0.4 is 11.1 Å². The summed E-state index contributed by atoms with van der Waals surface area (Å²) < 4.78 is 5.47. The number of nitrogens with zero attached hydrogens (tertiary/aromatic N) is 3. The van der Waals surface area contributed by atoms with Gasteiger partial charge >= 0.3 is 0 Å². The van der Waals surface area contributed by atoms with Crippen LogP contribution >= 0.6 is 0 Å². The van der Waals surface area contributed by atoms with Crippen molar-refractivity contribution in [3.8, 4) is 0 Å². The second-order valence-corrected chi connectivity index (χ2v) is 9.42. The van der Waals surface area contributed by atoms with Gasteiger partial charge in [0.05, 0.1) is 13.2 Å². The molecule has 0 aromatic carbocycles. The Labute approximate surface area is 181 Å². The highest BCUT2D eigenvalue weighted by molar-refractivity contribution is 5.89. The van der Waals surface area contributed by atoms with Gasteiger partial charge in [-0.1, -0.05) is 13.8 Å². The van der Waals surface area contributed by atoms with Gasteiger partial charge in [-0.2, -0.15) is 0 Å². The molecule has 0 spiro atoms. The van der Waals surface area contributed by atoms with Crippen LogP contribution in [0.15, 0.2) is 0 Å². The Kier molecular flexibility index (Phi) is 8.92. The summed E-state index contributed by atoms with van der Waals surface area (Å²) in [6.45, 7) is 12.7. The molecule has 3 rings (SSSR count). The van der Waals surface area contributed by atoms with E-state index in [0.717, 1.165) is 65.2 Å². The summed E-state index contributed by atoms with van der Waals surface area (Å²) in [5.41, 5.74) is 5.58. The van der Waals surface area contributed by atoms with Crippen molar-refractivity contribution in [1.82, 2.24) is 20.0 Å². The van der Waals surface area contributed by atoms with E-state index in [1.54, 1.807) is 0 Å². The molecule has 0 bridgehead atoms. The van der Waals surface area contributed by atoms with Crippen LogP contribution in [0.5, 0.6) is 0 Å². The third kappa shape index (κ3) is 6.64. The van der Waals surface area contributed by atoms with E-state index in [-0.39, 0.29) is 23.8 Å². The van der Waals surface area contributed by atoms with Crippen LogP contribution in [-0.2, 0) is 14.3 Å². The van der Waals surface area contributed by atoms with Crippen molar-refractivity contribution in [1.29, 1.82) is 0 Å². The number of carbonyl (C=O) groups excluding carboxylic acids is 2. The lowest BCUT2D eigenvalue weighted by atomic mass is 9.93. The van der Waals surface area contributed by atoms with Crippen molar-refractivity contribution in [3.63, 3.8) is 0 Å². The number of piperidine rings is 1. The number of carbonyl (C=O) groups is 2. The molecule has 0 aromatic heterocycles. The van der Waals surface area contributed by atoms with Crippen molar-refractivity contribution >= 4 is 11.8 Å². The molecule has 0 aromatic rings. The minimum atomic E-state index is -0.374. The van der Waals surface area contributed by atoms with Gasteiger partial charge in [-0.15, -0.1) is 0 Å². The number of ether oxygens (including phenoxy) is 1. The number of rotatable bonds is 10. The van der Waals surface area contributed by atoms with Crippen LogP contribution in [0.2, 0.25) is 0 Å². The lowest BCUT2D eigenvalue weighted by Crippen LogP contribution is -2.58. The van der Waals surface area contributed by atoms with E-state index in [9.17, 15) is 9.59 Å². The Balaban J connectivity index is 1.65. The highest BCUT2D eigenvalue weighted by Gasteiger charge is 2.42. The highest BCUT2D eigenvalue weighted by atomic mass is 16.5.